The third kappa shape index (κ3) is 1.89. The minimum Gasteiger partial charge on any atom is -0.461 e. The summed E-state index contributed by atoms with van der Waals surface area (Å²) < 4.78 is 5.27. The summed E-state index contributed by atoms with van der Waals surface area (Å²) in [7, 11) is 2.17. The van der Waals surface area contributed by atoms with E-state index < -0.39 is 0 Å². The molecule has 2 fully saturated rings. The number of hydrogen-bond donors (Lipinski definition) is 0. The van der Waals surface area contributed by atoms with Crippen LogP contribution in [0.5, 0.6) is 0 Å². The first kappa shape index (κ1) is 10.2. The number of carbonyl (C=O) groups excluding carboxylic acids is 1. The van der Waals surface area contributed by atoms with Gasteiger partial charge in [0.05, 0.1) is 0 Å². The molecule has 80 valence electrons. The molecule has 2 rings (SSSR count). The zero-order valence-electron chi connectivity index (χ0n) is 8.41. The number of halogens is 1. The number of fused-ring (bicyclic) bond motifs is 2. The molecule has 4 heteroatoms. The molecule has 2 atom stereocenters. The van der Waals surface area contributed by atoms with Gasteiger partial charge in [0, 0.05) is 12.1 Å². The summed E-state index contributed by atoms with van der Waals surface area (Å²) in [5.41, 5.74) is 0. The Bertz CT molecular complexity index is 220. The molecule has 0 spiro atoms. The molecule has 2 heterocycles. The Labute approximate surface area is 89.4 Å². The molecule has 3 nitrogen and oxygen atoms in total. The highest BCUT2D eigenvalue weighted by atomic mass is 35.5. The van der Waals surface area contributed by atoms with Crippen LogP contribution < -0.4 is 0 Å². The van der Waals surface area contributed by atoms with E-state index in [1.165, 1.54) is 12.8 Å². The van der Waals surface area contributed by atoms with Gasteiger partial charge in [-0.2, -0.15) is 0 Å². The SMILES string of the molecule is CN1[C@H]2CC[C@H]1CC(OC(=O)CCl)C2. The number of hydrogen-bond acceptors (Lipinski definition) is 3. The minimum atomic E-state index is -0.277. The Balaban J connectivity index is 1.90. The van der Waals surface area contributed by atoms with Crippen molar-refractivity contribution in [2.75, 3.05) is 12.9 Å². The molecule has 2 bridgehead atoms. The molecule has 0 amide bonds. The highest BCUT2D eigenvalue weighted by molar-refractivity contribution is 6.26. The van der Waals surface area contributed by atoms with Gasteiger partial charge in [0.2, 0.25) is 0 Å². The van der Waals surface area contributed by atoms with E-state index in [1.807, 2.05) is 0 Å². The van der Waals surface area contributed by atoms with Gasteiger partial charge in [0.1, 0.15) is 12.0 Å². The fraction of sp³-hybridized carbons (Fsp3) is 0.900. The smallest absolute Gasteiger partial charge is 0.321 e. The second-order valence-corrected chi connectivity index (χ2v) is 4.53. The van der Waals surface area contributed by atoms with Crippen LogP contribution in [-0.4, -0.2) is 42.0 Å². The first-order valence-electron chi connectivity index (χ1n) is 5.18. The van der Waals surface area contributed by atoms with Crippen LogP contribution >= 0.6 is 11.6 Å². The van der Waals surface area contributed by atoms with Crippen LogP contribution in [0.15, 0.2) is 0 Å². The standard InChI is InChI=1S/C10H16ClNO2/c1-12-7-2-3-8(12)5-9(4-7)14-10(13)6-11/h7-9H,2-6H2,1H3/t7-,8-/m0/s1. The molecule has 2 aliphatic heterocycles. The molecule has 0 N–H and O–H groups in total. The number of alkyl halides is 1. The highest BCUT2D eigenvalue weighted by Gasteiger charge is 2.39. The number of esters is 1. The topological polar surface area (TPSA) is 29.5 Å². The van der Waals surface area contributed by atoms with E-state index >= 15 is 0 Å². The number of carbonyl (C=O) groups is 1. The minimum absolute atomic E-state index is 0.0261. The summed E-state index contributed by atoms with van der Waals surface area (Å²) in [5.74, 6) is -0.303. The largest absolute Gasteiger partial charge is 0.461 e. The zero-order chi connectivity index (χ0) is 10.1. The summed E-state index contributed by atoms with van der Waals surface area (Å²) in [6.45, 7) is 0. The summed E-state index contributed by atoms with van der Waals surface area (Å²) in [6, 6.07) is 1.23. The van der Waals surface area contributed by atoms with Crippen molar-refractivity contribution in [2.45, 2.75) is 43.9 Å². The van der Waals surface area contributed by atoms with Gasteiger partial charge >= 0.3 is 5.97 Å². The third-order valence-corrected chi connectivity index (χ3v) is 3.68. The van der Waals surface area contributed by atoms with Gasteiger partial charge in [-0.1, -0.05) is 0 Å². The van der Waals surface area contributed by atoms with Crippen LogP contribution in [0.1, 0.15) is 25.7 Å². The van der Waals surface area contributed by atoms with E-state index in [0.29, 0.717) is 12.1 Å². The summed E-state index contributed by atoms with van der Waals surface area (Å²) >= 11 is 5.40. The van der Waals surface area contributed by atoms with Crippen molar-refractivity contribution in [3.8, 4) is 0 Å². The Morgan fingerprint density at radius 2 is 2.00 bits per heavy atom. The number of rotatable bonds is 2. The maximum absolute atomic E-state index is 11.0. The molecule has 0 aromatic rings. The fourth-order valence-corrected chi connectivity index (χ4v) is 2.74. The predicted molar refractivity (Wildman–Crippen MR) is 54.4 cm³/mol. The van der Waals surface area contributed by atoms with Crippen LogP contribution in [0.25, 0.3) is 0 Å². The highest BCUT2D eigenvalue weighted by Crippen LogP contribution is 2.35. The van der Waals surface area contributed by atoms with Crippen molar-refractivity contribution in [1.29, 1.82) is 0 Å². The summed E-state index contributed by atoms with van der Waals surface area (Å²) in [5, 5.41) is 0. The summed E-state index contributed by atoms with van der Waals surface area (Å²) in [4.78, 5) is 13.4. The Kier molecular flexibility index (Phi) is 2.98. The van der Waals surface area contributed by atoms with Gasteiger partial charge in [-0.05, 0) is 32.7 Å². The molecule has 0 unspecified atom stereocenters. The predicted octanol–water partition coefficient (Wildman–Crippen LogP) is 1.39. The van der Waals surface area contributed by atoms with Crippen LogP contribution in [0, 0.1) is 0 Å². The Morgan fingerprint density at radius 3 is 2.50 bits per heavy atom. The van der Waals surface area contributed by atoms with E-state index in [2.05, 4.69) is 11.9 Å². The lowest BCUT2D eigenvalue weighted by Crippen LogP contribution is -2.43. The number of nitrogens with zero attached hydrogens (tertiary/aromatic N) is 1. The van der Waals surface area contributed by atoms with Gasteiger partial charge in [-0.15, -0.1) is 11.6 Å². The molecule has 0 aromatic heterocycles. The maximum atomic E-state index is 11.0. The second-order valence-electron chi connectivity index (χ2n) is 4.27. The molecule has 0 aliphatic carbocycles. The van der Waals surface area contributed by atoms with Crippen molar-refractivity contribution in [1.82, 2.24) is 4.90 Å². The quantitative estimate of drug-likeness (QED) is 0.517. The summed E-state index contributed by atoms with van der Waals surface area (Å²) in [6.07, 6.45) is 4.56. The molecular weight excluding hydrogens is 202 g/mol. The lowest BCUT2D eigenvalue weighted by molar-refractivity contribution is -0.149. The van der Waals surface area contributed by atoms with Crippen molar-refractivity contribution >= 4 is 17.6 Å². The van der Waals surface area contributed by atoms with Crippen molar-refractivity contribution in [2.24, 2.45) is 0 Å². The van der Waals surface area contributed by atoms with Gasteiger partial charge in [0.15, 0.2) is 0 Å². The first-order chi connectivity index (χ1) is 6.70. The van der Waals surface area contributed by atoms with Crippen molar-refractivity contribution in [3.63, 3.8) is 0 Å². The monoisotopic (exact) mass is 217 g/mol. The van der Waals surface area contributed by atoms with E-state index in [9.17, 15) is 4.79 Å². The van der Waals surface area contributed by atoms with Gasteiger partial charge in [-0.25, -0.2) is 0 Å². The van der Waals surface area contributed by atoms with Crippen LogP contribution in [0.2, 0.25) is 0 Å². The van der Waals surface area contributed by atoms with Crippen molar-refractivity contribution < 1.29 is 9.53 Å². The van der Waals surface area contributed by atoms with E-state index in [0.717, 1.165) is 12.8 Å². The Hall–Kier alpha value is -0.280. The lowest BCUT2D eigenvalue weighted by atomic mass is 10.0. The third-order valence-electron chi connectivity index (χ3n) is 3.46. The normalized spacial score (nSPS) is 37.1. The molecule has 0 aromatic carbocycles. The van der Waals surface area contributed by atoms with Gasteiger partial charge < -0.3 is 9.64 Å². The molecule has 2 aliphatic rings. The van der Waals surface area contributed by atoms with Crippen LogP contribution in [-0.2, 0) is 9.53 Å². The fourth-order valence-electron chi connectivity index (χ4n) is 2.68. The second kappa shape index (κ2) is 4.07. The van der Waals surface area contributed by atoms with E-state index in [4.69, 9.17) is 16.3 Å². The molecule has 0 saturated carbocycles. The van der Waals surface area contributed by atoms with Gasteiger partial charge in [-0.3, -0.25) is 4.79 Å². The number of piperidine rings is 1. The molecule has 2 saturated heterocycles. The molecule has 0 radical (unpaired) electrons. The van der Waals surface area contributed by atoms with E-state index in [1.54, 1.807) is 0 Å². The van der Waals surface area contributed by atoms with E-state index in [-0.39, 0.29) is 18.0 Å². The first-order valence-corrected chi connectivity index (χ1v) is 5.71. The van der Waals surface area contributed by atoms with Crippen molar-refractivity contribution in [3.05, 3.63) is 0 Å². The lowest BCUT2D eigenvalue weighted by Gasteiger charge is -2.35. The van der Waals surface area contributed by atoms with Gasteiger partial charge in [0.25, 0.3) is 0 Å². The molecular formula is C10H16ClNO2. The van der Waals surface area contributed by atoms with Crippen LogP contribution in [0.4, 0.5) is 0 Å². The zero-order valence-corrected chi connectivity index (χ0v) is 9.17. The average molecular weight is 218 g/mol. The molecule has 14 heavy (non-hydrogen) atoms. The van der Waals surface area contributed by atoms with Crippen LogP contribution in [0.3, 0.4) is 0 Å². The Morgan fingerprint density at radius 1 is 1.43 bits per heavy atom. The number of ether oxygens (including phenoxy) is 1. The maximum Gasteiger partial charge on any atom is 0.321 e. The average Bonchev–Trinajstić information content (AvgIpc) is 2.42.